The van der Waals surface area contributed by atoms with Gasteiger partial charge in [0, 0.05) is 6.54 Å². The predicted molar refractivity (Wildman–Crippen MR) is 65.8 cm³/mol. The number of carbonyl (C=O) groups is 1. The average Bonchev–Trinajstić information content (AvgIpc) is 2.37. The Morgan fingerprint density at radius 2 is 2.37 bits per heavy atom. The lowest BCUT2D eigenvalue weighted by atomic mass is 10.1. The standard InChI is InChI=1S/C13H15FN2O3/c1-9(17)10-3-4-12(11(14)7-10)19-8-13(18)16-6-2-5-15/h3-4,7,9,17H,2,6,8H2,1H3,(H,16,18). The molecule has 1 atom stereocenters. The van der Waals surface area contributed by atoms with E-state index in [1.165, 1.54) is 19.1 Å². The second-order valence-electron chi connectivity index (χ2n) is 3.91. The van der Waals surface area contributed by atoms with Crippen LogP contribution in [-0.4, -0.2) is 24.2 Å². The predicted octanol–water partition coefficient (Wildman–Crippen LogP) is 1.29. The lowest BCUT2D eigenvalue weighted by Crippen LogP contribution is -2.29. The van der Waals surface area contributed by atoms with Crippen LogP contribution in [0, 0.1) is 17.1 Å². The van der Waals surface area contributed by atoms with Crippen molar-refractivity contribution < 1.29 is 19.0 Å². The monoisotopic (exact) mass is 266 g/mol. The number of benzene rings is 1. The van der Waals surface area contributed by atoms with Crippen molar-refractivity contribution in [2.75, 3.05) is 13.2 Å². The van der Waals surface area contributed by atoms with Crippen molar-refractivity contribution in [2.24, 2.45) is 0 Å². The Kier molecular flexibility index (Phi) is 5.76. The summed E-state index contributed by atoms with van der Waals surface area (Å²) in [6.45, 7) is 1.44. The molecule has 1 aromatic carbocycles. The third-order valence-electron chi connectivity index (χ3n) is 2.36. The molecule has 0 aliphatic rings. The Balaban J connectivity index is 2.50. The molecule has 1 rings (SSSR count). The van der Waals surface area contributed by atoms with Gasteiger partial charge in [-0.3, -0.25) is 4.79 Å². The number of rotatable bonds is 6. The van der Waals surface area contributed by atoms with Crippen LogP contribution in [0.15, 0.2) is 18.2 Å². The first-order valence-electron chi connectivity index (χ1n) is 5.78. The molecule has 1 amide bonds. The zero-order valence-electron chi connectivity index (χ0n) is 10.5. The average molecular weight is 266 g/mol. The topological polar surface area (TPSA) is 82.3 Å². The minimum atomic E-state index is -0.766. The van der Waals surface area contributed by atoms with Gasteiger partial charge in [0.25, 0.3) is 5.91 Å². The molecule has 1 unspecified atom stereocenters. The van der Waals surface area contributed by atoms with Crippen molar-refractivity contribution >= 4 is 5.91 Å². The molecule has 1 aromatic rings. The van der Waals surface area contributed by atoms with E-state index in [9.17, 15) is 14.3 Å². The summed E-state index contributed by atoms with van der Waals surface area (Å²) in [6.07, 6.45) is -0.554. The normalized spacial score (nSPS) is 11.5. The van der Waals surface area contributed by atoms with E-state index >= 15 is 0 Å². The summed E-state index contributed by atoms with van der Waals surface area (Å²) in [4.78, 5) is 11.3. The number of aliphatic hydroxyl groups is 1. The molecule has 0 saturated heterocycles. The van der Waals surface area contributed by atoms with E-state index in [-0.39, 0.29) is 25.3 Å². The van der Waals surface area contributed by atoms with Gasteiger partial charge >= 0.3 is 0 Å². The van der Waals surface area contributed by atoms with Crippen molar-refractivity contribution in [2.45, 2.75) is 19.4 Å². The summed E-state index contributed by atoms with van der Waals surface area (Å²) >= 11 is 0. The molecule has 0 saturated carbocycles. The molecule has 0 heterocycles. The van der Waals surface area contributed by atoms with E-state index in [4.69, 9.17) is 10.00 Å². The zero-order chi connectivity index (χ0) is 14.3. The maximum atomic E-state index is 13.6. The van der Waals surface area contributed by atoms with E-state index < -0.39 is 17.8 Å². The fraction of sp³-hybridized carbons (Fsp3) is 0.385. The quantitative estimate of drug-likeness (QED) is 0.760. The minimum Gasteiger partial charge on any atom is -0.481 e. The molecule has 0 aliphatic carbocycles. The van der Waals surface area contributed by atoms with Gasteiger partial charge in [-0.2, -0.15) is 5.26 Å². The number of nitrogens with one attached hydrogen (secondary N) is 1. The van der Waals surface area contributed by atoms with Crippen LogP contribution in [0.2, 0.25) is 0 Å². The number of aliphatic hydroxyl groups excluding tert-OH is 1. The Bertz CT molecular complexity index is 483. The van der Waals surface area contributed by atoms with Gasteiger partial charge in [0.05, 0.1) is 18.6 Å². The maximum Gasteiger partial charge on any atom is 0.257 e. The molecule has 0 aliphatic heterocycles. The van der Waals surface area contributed by atoms with Gasteiger partial charge in [0.15, 0.2) is 18.2 Å². The summed E-state index contributed by atoms with van der Waals surface area (Å²) in [5.74, 6) is -1.11. The van der Waals surface area contributed by atoms with E-state index in [2.05, 4.69) is 5.32 Å². The number of hydrogen-bond acceptors (Lipinski definition) is 4. The van der Waals surface area contributed by atoms with E-state index in [0.29, 0.717) is 5.56 Å². The van der Waals surface area contributed by atoms with Crippen molar-refractivity contribution in [3.05, 3.63) is 29.6 Å². The molecule has 0 spiro atoms. The lowest BCUT2D eigenvalue weighted by molar-refractivity contribution is -0.123. The highest BCUT2D eigenvalue weighted by Gasteiger charge is 2.09. The van der Waals surface area contributed by atoms with Crippen LogP contribution in [-0.2, 0) is 4.79 Å². The summed E-state index contributed by atoms with van der Waals surface area (Å²) in [6, 6.07) is 5.93. The SMILES string of the molecule is CC(O)c1ccc(OCC(=O)NCCC#N)c(F)c1. The van der Waals surface area contributed by atoms with Crippen molar-refractivity contribution in [1.82, 2.24) is 5.32 Å². The van der Waals surface area contributed by atoms with E-state index in [1.54, 1.807) is 0 Å². The highest BCUT2D eigenvalue weighted by Crippen LogP contribution is 2.21. The first-order chi connectivity index (χ1) is 9.04. The number of halogens is 1. The third-order valence-corrected chi connectivity index (χ3v) is 2.36. The van der Waals surface area contributed by atoms with Crippen molar-refractivity contribution in [3.63, 3.8) is 0 Å². The number of nitriles is 1. The maximum absolute atomic E-state index is 13.6. The Labute approximate surface area is 110 Å². The van der Waals surface area contributed by atoms with Crippen molar-refractivity contribution in [1.29, 1.82) is 5.26 Å². The van der Waals surface area contributed by atoms with Gasteiger partial charge in [-0.25, -0.2) is 4.39 Å². The molecule has 2 N–H and O–H groups in total. The largest absolute Gasteiger partial charge is 0.481 e. The number of ether oxygens (including phenoxy) is 1. The van der Waals surface area contributed by atoms with Gasteiger partial charge < -0.3 is 15.2 Å². The third kappa shape index (κ3) is 4.94. The van der Waals surface area contributed by atoms with Crippen LogP contribution in [0.25, 0.3) is 0 Å². The molecular weight excluding hydrogens is 251 g/mol. The van der Waals surface area contributed by atoms with Crippen LogP contribution in [0.3, 0.4) is 0 Å². The van der Waals surface area contributed by atoms with Gasteiger partial charge in [-0.15, -0.1) is 0 Å². The van der Waals surface area contributed by atoms with Crippen LogP contribution in [0.5, 0.6) is 5.75 Å². The van der Waals surface area contributed by atoms with E-state index in [0.717, 1.165) is 6.07 Å². The molecule has 0 fully saturated rings. The minimum absolute atomic E-state index is 0.0557. The summed E-state index contributed by atoms with van der Waals surface area (Å²) in [5, 5.41) is 20.0. The fourth-order valence-corrected chi connectivity index (χ4v) is 1.35. The second kappa shape index (κ2) is 7.34. The molecular formula is C13H15FN2O3. The molecule has 0 aromatic heterocycles. The summed E-state index contributed by atoms with van der Waals surface area (Å²) < 4.78 is 18.6. The molecule has 19 heavy (non-hydrogen) atoms. The highest BCUT2D eigenvalue weighted by atomic mass is 19.1. The first-order valence-corrected chi connectivity index (χ1v) is 5.78. The molecule has 0 radical (unpaired) electrons. The first kappa shape index (κ1) is 14.9. The smallest absolute Gasteiger partial charge is 0.257 e. The fourth-order valence-electron chi connectivity index (χ4n) is 1.35. The van der Waals surface area contributed by atoms with Gasteiger partial charge in [0.1, 0.15) is 0 Å². The van der Waals surface area contributed by atoms with Crippen LogP contribution in [0.4, 0.5) is 4.39 Å². The Hall–Kier alpha value is -2.13. The van der Waals surface area contributed by atoms with Crippen LogP contribution in [0.1, 0.15) is 25.0 Å². The van der Waals surface area contributed by atoms with Crippen LogP contribution < -0.4 is 10.1 Å². The van der Waals surface area contributed by atoms with E-state index in [1.807, 2.05) is 6.07 Å². The molecule has 5 nitrogen and oxygen atoms in total. The number of carbonyl (C=O) groups excluding carboxylic acids is 1. The highest BCUT2D eigenvalue weighted by molar-refractivity contribution is 5.77. The van der Waals surface area contributed by atoms with Gasteiger partial charge in [0.2, 0.25) is 0 Å². The number of amides is 1. The molecule has 0 bridgehead atoms. The van der Waals surface area contributed by atoms with Crippen molar-refractivity contribution in [3.8, 4) is 11.8 Å². The molecule has 102 valence electrons. The Morgan fingerprint density at radius 3 is 2.95 bits per heavy atom. The van der Waals surface area contributed by atoms with Gasteiger partial charge in [-0.1, -0.05) is 6.07 Å². The second-order valence-corrected chi connectivity index (χ2v) is 3.91. The zero-order valence-corrected chi connectivity index (χ0v) is 10.5. The molecule has 6 heteroatoms. The lowest BCUT2D eigenvalue weighted by Gasteiger charge is -2.10. The number of nitrogens with zero attached hydrogens (tertiary/aromatic N) is 1. The Morgan fingerprint density at radius 1 is 1.63 bits per heavy atom. The summed E-state index contributed by atoms with van der Waals surface area (Å²) in [7, 11) is 0. The van der Waals surface area contributed by atoms with Crippen LogP contribution >= 0.6 is 0 Å². The van der Waals surface area contributed by atoms with Gasteiger partial charge in [-0.05, 0) is 24.6 Å². The summed E-state index contributed by atoms with van der Waals surface area (Å²) in [5.41, 5.74) is 0.434. The number of hydrogen-bond donors (Lipinski definition) is 2.